The lowest BCUT2D eigenvalue weighted by Gasteiger charge is -2.03. The van der Waals surface area contributed by atoms with Crippen LogP contribution in [0.4, 0.5) is 5.13 Å². The molecule has 0 fully saturated rings. The molecule has 1 aromatic carbocycles. The molecule has 2 rings (SSSR count). The van der Waals surface area contributed by atoms with Gasteiger partial charge in [-0.15, -0.1) is 11.8 Å². The molecule has 0 spiro atoms. The van der Waals surface area contributed by atoms with E-state index in [4.69, 9.17) is 5.73 Å². The van der Waals surface area contributed by atoms with Crippen molar-refractivity contribution in [2.24, 2.45) is 0 Å². The maximum absolute atomic E-state index is 5.63. The monoisotopic (exact) mass is 236 g/mol. The first-order valence-corrected chi connectivity index (χ1v) is 6.60. The molecular formula is C11H12N2S2. The molecule has 78 valence electrons. The van der Waals surface area contributed by atoms with Gasteiger partial charge in [0.25, 0.3) is 0 Å². The molecule has 0 aliphatic rings. The fourth-order valence-electron chi connectivity index (χ4n) is 1.43. The number of hydrogen-bond acceptors (Lipinski definition) is 4. The first-order valence-electron chi connectivity index (χ1n) is 4.56. The van der Waals surface area contributed by atoms with Gasteiger partial charge in [-0.25, -0.2) is 4.98 Å². The summed E-state index contributed by atoms with van der Waals surface area (Å²) in [5, 5.41) is 0.622. The largest absolute Gasteiger partial charge is 0.375 e. The Bertz CT molecular complexity index is 477. The van der Waals surface area contributed by atoms with Gasteiger partial charge >= 0.3 is 0 Å². The zero-order valence-corrected chi connectivity index (χ0v) is 10.3. The van der Waals surface area contributed by atoms with E-state index in [0.717, 1.165) is 4.88 Å². The molecule has 0 unspecified atom stereocenters. The van der Waals surface area contributed by atoms with Crippen LogP contribution < -0.4 is 5.73 Å². The smallest absolute Gasteiger partial charge is 0.180 e. The number of benzene rings is 1. The molecule has 1 heterocycles. The highest BCUT2D eigenvalue weighted by molar-refractivity contribution is 7.98. The number of anilines is 1. The normalized spacial score (nSPS) is 10.5. The SMILES string of the molecule is CSc1cc(C)cc(-c2cnc(N)s2)c1. The zero-order valence-electron chi connectivity index (χ0n) is 8.65. The number of nitrogens with two attached hydrogens (primary N) is 1. The molecule has 1 aromatic heterocycles. The minimum atomic E-state index is 0.622. The minimum Gasteiger partial charge on any atom is -0.375 e. The molecule has 0 aliphatic carbocycles. The average molecular weight is 236 g/mol. The minimum absolute atomic E-state index is 0.622. The molecular weight excluding hydrogens is 224 g/mol. The van der Waals surface area contributed by atoms with Gasteiger partial charge in [-0.05, 0) is 36.4 Å². The van der Waals surface area contributed by atoms with E-state index in [9.17, 15) is 0 Å². The van der Waals surface area contributed by atoms with Crippen LogP contribution >= 0.6 is 23.1 Å². The number of rotatable bonds is 2. The summed E-state index contributed by atoms with van der Waals surface area (Å²) in [6.07, 6.45) is 3.92. The molecule has 0 saturated heterocycles. The van der Waals surface area contributed by atoms with Crippen LogP contribution in [0.15, 0.2) is 29.3 Å². The summed E-state index contributed by atoms with van der Waals surface area (Å²) in [6, 6.07) is 6.51. The van der Waals surface area contributed by atoms with E-state index in [-0.39, 0.29) is 0 Å². The Morgan fingerprint density at radius 3 is 2.73 bits per heavy atom. The number of aromatic nitrogens is 1. The Balaban J connectivity index is 2.48. The first-order chi connectivity index (χ1) is 7.19. The van der Waals surface area contributed by atoms with Gasteiger partial charge in [0, 0.05) is 11.1 Å². The molecule has 2 nitrogen and oxygen atoms in total. The van der Waals surface area contributed by atoms with Crippen molar-refractivity contribution >= 4 is 28.2 Å². The van der Waals surface area contributed by atoms with Crippen LogP contribution in [0, 0.1) is 6.92 Å². The maximum atomic E-state index is 5.63. The Hall–Kier alpha value is -1.00. The zero-order chi connectivity index (χ0) is 10.8. The molecule has 4 heteroatoms. The van der Waals surface area contributed by atoms with Gasteiger partial charge in [0.1, 0.15) is 0 Å². The lowest BCUT2D eigenvalue weighted by molar-refractivity contribution is 1.36. The van der Waals surface area contributed by atoms with Gasteiger partial charge in [-0.1, -0.05) is 17.4 Å². The molecule has 0 saturated carbocycles. The highest BCUT2D eigenvalue weighted by atomic mass is 32.2. The lowest BCUT2D eigenvalue weighted by Crippen LogP contribution is -1.79. The van der Waals surface area contributed by atoms with Crippen molar-refractivity contribution < 1.29 is 0 Å². The summed E-state index contributed by atoms with van der Waals surface area (Å²) < 4.78 is 0. The fourth-order valence-corrected chi connectivity index (χ4v) is 2.65. The lowest BCUT2D eigenvalue weighted by atomic mass is 10.1. The molecule has 0 amide bonds. The number of nitrogen functional groups attached to an aromatic ring is 1. The Kier molecular flexibility index (Phi) is 2.98. The van der Waals surface area contributed by atoms with Crippen LogP contribution in [-0.4, -0.2) is 11.2 Å². The second-order valence-corrected chi connectivity index (χ2v) is 5.24. The molecule has 0 radical (unpaired) electrons. The van der Waals surface area contributed by atoms with Crippen LogP contribution in [0.3, 0.4) is 0 Å². The highest BCUT2D eigenvalue weighted by Crippen LogP contribution is 2.30. The quantitative estimate of drug-likeness (QED) is 0.812. The molecule has 0 aliphatic heterocycles. The molecule has 0 atom stereocenters. The van der Waals surface area contributed by atoms with E-state index in [1.165, 1.54) is 27.4 Å². The van der Waals surface area contributed by atoms with E-state index < -0.39 is 0 Å². The summed E-state index contributed by atoms with van der Waals surface area (Å²) >= 11 is 3.28. The number of thioether (sulfide) groups is 1. The topological polar surface area (TPSA) is 38.9 Å². The van der Waals surface area contributed by atoms with Crippen molar-refractivity contribution in [1.82, 2.24) is 4.98 Å². The van der Waals surface area contributed by atoms with Crippen molar-refractivity contribution in [1.29, 1.82) is 0 Å². The molecule has 2 N–H and O–H groups in total. The van der Waals surface area contributed by atoms with Crippen LogP contribution in [0.5, 0.6) is 0 Å². The van der Waals surface area contributed by atoms with Crippen molar-refractivity contribution in [2.45, 2.75) is 11.8 Å². The second kappa shape index (κ2) is 4.24. The van der Waals surface area contributed by atoms with Gasteiger partial charge in [0.2, 0.25) is 0 Å². The van der Waals surface area contributed by atoms with Crippen molar-refractivity contribution in [3.8, 4) is 10.4 Å². The number of thiazole rings is 1. The Labute approximate surface area is 97.5 Å². The van der Waals surface area contributed by atoms with Crippen LogP contribution in [-0.2, 0) is 0 Å². The summed E-state index contributed by atoms with van der Waals surface area (Å²) in [7, 11) is 0. The summed E-state index contributed by atoms with van der Waals surface area (Å²) in [5.41, 5.74) is 8.10. The van der Waals surface area contributed by atoms with Crippen molar-refractivity contribution in [3.63, 3.8) is 0 Å². The number of hydrogen-bond donors (Lipinski definition) is 1. The van der Waals surface area contributed by atoms with E-state index in [1.54, 1.807) is 11.8 Å². The summed E-state index contributed by atoms with van der Waals surface area (Å²) in [5.74, 6) is 0. The summed E-state index contributed by atoms with van der Waals surface area (Å²) in [4.78, 5) is 6.47. The van der Waals surface area contributed by atoms with Crippen LogP contribution in [0.1, 0.15) is 5.56 Å². The van der Waals surface area contributed by atoms with Gasteiger partial charge in [-0.2, -0.15) is 0 Å². The third-order valence-corrected chi connectivity index (χ3v) is 3.68. The molecule has 15 heavy (non-hydrogen) atoms. The van der Waals surface area contributed by atoms with E-state index >= 15 is 0 Å². The van der Waals surface area contributed by atoms with E-state index in [0.29, 0.717) is 5.13 Å². The van der Waals surface area contributed by atoms with Crippen LogP contribution in [0.2, 0.25) is 0 Å². The van der Waals surface area contributed by atoms with Crippen molar-refractivity contribution in [2.75, 3.05) is 12.0 Å². The number of aryl methyl sites for hydroxylation is 1. The summed E-state index contributed by atoms with van der Waals surface area (Å²) in [6.45, 7) is 2.10. The van der Waals surface area contributed by atoms with Gasteiger partial charge in [0.15, 0.2) is 5.13 Å². The Morgan fingerprint density at radius 1 is 1.33 bits per heavy atom. The average Bonchev–Trinajstić information content (AvgIpc) is 2.64. The number of nitrogens with zero attached hydrogens (tertiary/aromatic N) is 1. The van der Waals surface area contributed by atoms with E-state index in [2.05, 4.69) is 36.4 Å². The van der Waals surface area contributed by atoms with Crippen LogP contribution in [0.25, 0.3) is 10.4 Å². The highest BCUT2D eigenvalue weighted by Gasteiger charge is 2.04. The van der Waals surface area contributed by atoms with Gasteiger partial charge < -0.3 is 5.73 Å². The predicted octanol–water partition coefficient (Wildman–Crippen LogP) is 3.42. The third kappa shape index (κ3) is 2.33. The molecule has 0 bridgehead atoms. The predicted molar refractivity (Wildman–Crippen MR) is 68.5 cm³/mol. The first kappa shape index (κ1) is 10.5. The third-order valence-electron chi connectivity index (χ3n) is 2.09. The fraction of sp³-hybridized carbons (Fsp3) is 0.182. The Morgan fingerprint density at radius 2 is 2.13 bits per heavy atom. The van der Waals surface area contributed by atoms with E-state index in [1.807, 2.05) is 6.20 Å². The molecule has 2 aromatic rings. The van der Waals surface area contributed by atoms with Gasteiger partial charge in [-0.3, -0.25) is 0 Å². The maximum Gasteiger partial charge on any atom is 0.180 e. The van der Waals surface area contributed by atoms with Crippen molar-refractivity contribution in [3.05, 3.63) is 30.0 Å². The second-order valence-electron chi connectivity index (χ2n) is 3.30. The standard InChI is InChI=1S/C11H12N2S2/c1-7-3-8(5-9(4-7)14-2)10-6-13-11(12)15-10/h3-6H,1-2H3,(H2,12,13). The van der Waals surface area contributed by atoms with Gasteiger partial charge in [0.05, 0.1) is 4.88 Å².